The van der Waals surface area contributed by atoms with E-state index >= 15 is 0 Å². The average Bonchev–Trinajstić information content (AvgIpc) is 2.98. The van der Waals surface area contributed by atoms with Gasteiger partial charge in [0.05, 0.1) is 12.0 Å². The van der Waals surface area contributed by atoms with Crippen molar-refractivity contribution in [2.45, 2.75) is 50.5 Å². The van der Waals surface area contributed by atoms with Crippen molar-refractivity contribution in [1.82, 2.24) is 4.72 Å². The van der Waals surface area contributed by atoms with Crippen LogP contribution in [0, 0.1) is 19.8 Å². The standard InChI is InChI=1S/C16H26N2O3S.ClH/c1-11-8-14(9-12(2)16(11)21-3)22(19,20)18-15(10-17)13-6-4-5-7-13;/h8-9,13,15,18H,4-7,10,17H2,1-3H3;1H. The zero-order valence-corrected chi connectivity index (χ0v) is 15.6. The van der Waals surface area contributed by atoms with Crippen LogP contribution >= 0.6 is 12.4 Å². The molecule has 1 aliphatic rings. The molecule has 2 rings (SSSR count). The average molecular weight is 363 g/mol. The lowest BCUT2D eigenvalue weighted by Crippen LogP contribution is -2.44. The second-order valence-electron chi connectivity index (χ2n) is 6.10. The highest BCUT2D eigenvalue weighted by Crippen LogP contribution is 2.29. The number of hydrogen-bond acceptors (Lipinski definition) is 4. The highest BCUT2D eigenvalue weighted by Gasteiger charge is 2.28. The molecule has 7 heteroatoms. The monoisotopic (exact) mass is 362 g/mol. The summed E-state index contributed by atoms with van der Waals surface area (Å²) in [7, 11) is -1.97. The van der Waals surface area contributed by atoms with Crippen LogP contribution in [-0.2, 0) is 10.0 Å². The summed E-state index contributed by atoms with van der Waals surface area (Å²) >= 11 is 0. The van der Waals surface area contributed by atoms with Gasteiger partial charge in [0.1, 0.15) is 5.75 Å². The number of sulfonamides is 1. The number of nitrogens with two attached hydrogens (primary N) is 1. The van der Waals surface area contributed by atoms with Crippen molar-refractivity contribution in [1.29, 1.82) is 0 Å². The third-order valence-electron chi connectivity index (χ3n) is 4.48. The molecule has 23 heavy (non-hydrogen) atoms. The number of aryl methyl sites for hydroxylation is 2. The van der Waals surface area contributed by atoms with Gasteiger partial charge in [-0.2, -0.15) is 0 Å². The molecule has 132 valence electrons. The summed E-state index contributed by atoms with van der Waals surface area (Å²) in [6.07, 6.45) is 4.41. The van der Waals surface area contributed by atoms with Crippen LogP contribution in [0.4, 0.5) is 0 Å². The van der Waals surface area contributed by atoms with Crippen LogP contribution in [0.1, 0.15) is 36.8 Å². The quantitative estimate of drug-likeness (QED) is 0.814. The zero-order chi connectivity index (χ0) is 16.3. The van der Waals surface area contributed by atoms with E-state index in [-0.39, 0.29) is 23.3 Å². The molecular weight excluding hydrogens is 336 g/mol. The molecule has 0 aliphatic heterocycles. The fourth-order valence-corrected chi connectivity index (χ4v) is 4.84. The second-order valence-corrected chi connectivity index (χ2v) is 7.81. The molecule has 0 amide bonds. The van der Waals surface area contributed by atoms with Crippen molar-refractivity contribution in [2.24, 2.45) is 11.7 Å². The van der Waals surface area contributed by atoms with Crippen molar-refractivity contribution in [3.05, 3.63) is 23.3 Å². The molecule has 1 atom stereocenters. The number of methoxy groups -OCH3 is 1. The first-order valence-corrected chi connectivity index (χ1v) is 9.25. The van der Waals surface area contributed by atoms with Crippen molar-refractivity contribution in [3.8, 4) is 5.75 Å². The SMILES string of the molecule is COc1c(C)cc(S(=O)(=O)NC(CN)C2CCCC2)cc1C.Cl. The van der Waals surface area contributed by atoms with Gasteiger partial charge in [-0.05, 0) is 55.9 Å². The maximum absolute atomic E-state index is 12.7. The summed E-state index contributed by atoms with van der Waals surface area (Å²) < 4.78 is 33.4. The van der Waals surface area contributed by atoms with Gasteiger partial charge in [0.25, 0.3) is 0 Å². The number of rotatable bonds is 6. The summed E-state index contributed by atoms with van der Waals surface area (Å²) in [6, 6.07) is 3.11. The van der Waals surface area contributed by atoms with Crippen LogP contribution in [0.25, 0.3) is 0 Å². The van der Waals surface area contributed by atoms with Gasteiger partial charge in [0, 0.05) is 12.6 Å². The molecule has 0 saturated heterocycles. The third kappa shape index (κ3) is 4.59. The minimum absolute atomic E-state index is 0. The first kappa shape index (κ1) is 20.2. The van der Waals surface area contributed by atoms with E-state index in [1.807, 2.05) is 13.8 Å². The van der Waals surface area contributed by atoms with Gasteiger partial charge in [-0.1, -0.05) is 12.8 Å². The Labute approximate surface area is 145 Å². The van der Waals surface area contributed by atoms with Crippen LogP contribution in [0.5, 0.6) is 5.75 Å². The lowest BCUT2D eigenvalue weighted by Gasteiger charge is -2.23. The molecule has 0 spiro atoms. The van der Waals surface area contributed by atoms with Crippen LogP contribution < -0.4 is 15.2 Å². The normalized spacial score (nSPS) is 16.9. The molecule has 0 radical (unpaired) electrons. The van der Waals surface area contributed by atoms with E-state index in [1.165, 1.54) is 0 Å². The molecule has 3 N–H and O–H groups in total. The van der Waals surface area contributed by atoms with E-state index in [2.05, 4.69) is 4.72 Å². The molecule has 1 fully saturated rings. The Morgan fingerprint density at radius 2 is 1.78 bits per heavy atom. The third-order valence-corrected chi connectivity index (χ3v) is 5.95. The molecule has 1 aromatic carbocycles. The number of halogens is 1. The molecule has 5 nitrogen and oxygen atoms in total. The lowest BCUT2D eigenvalue weighted by molar-refractivity contribution is 0.404. The van der Waals surface area contributed by atoms with Gasteiger partial charge >= 0.3 is 0 Å². The summed E-state index contributed by atoms with van der Waals surface area (Å²) in [5.74, 6) is 1.07. The molecule has 1 unspecified atom stereocenters. The van der Waals surface area contributed by atoms with E-state index < -0.39 is 10.0 Å². The fraction of sp³-hybridized carbons (Fsp3) is 0.625. The molecule has 1 aliphatic carbocycles. The van der Waals surface area contributed by atoms with Crippen molar-refractivity contribution in [2.75, 3.05) is 13.7 Å². The maximum atomic E-state index is 12.7. The van der Waals surface area contributed by atoms with Gasteiger partial charge in [-0.25, -0.2) is 13.1 Å². The van der Waals surface area contributed by atoms with E-state index in [1.54, 1.807) is 19.2 Å². The van der Waals surface area contributed by atoms with E-state index in [4.69, 9.17) is 10.5 Å². The smallest absolute Gasteiger partial charge is 0.240 e. The first-order valence-electron chi connectivity index (χ1n) is 7.76. The Morgan fingerprint density at radius 1 is 1.26 bits per heavy atom. The largest absolute Gasteiger partial charge is 0.496 e. The molecule has 1 saturated carbocycles. The first-order chi connectivity index (χ1) is 10.4. The van der Waals surface area contributed by atoms with Crippen molar-refractivity contribution in [3.63, 3.8) is 0 Å². The fourth-order valence-electron chi connectivity index (χ4n) is 3.35. The van der Waals surface area contributed by atoms with Crippen molar-refractivity contribution < 1.29 is 13.2 Å². The van der Waals surface area contributed by atoms with E-state index in [0.717, 1.165) is 42.6 Å². The van der Waals surface area contributed by atoms with E-state index in [0.29, 0.717) is 12.5 Å². The number of benzene rings is 1. The number of ether oxygens (including phenoxy) is 1. The van der Waals surface area contributed by atoms with Gasteiger partial charge in [0.15, 0.2) is 0 Å². The topological polar surface area (TPSA) is 81.4 Å². The van der Waals surface area contributed by atoms with Crippen LogP contribution in [-0.4, -0.2) is 28.1 Å². The zero-order valence-electron chi connectivity index (χ0n) is 14.0. The predicted octanol–water partition coefficient (Wildman–Crippen LogP) is 2.53. The lowest BCUT2D eigenvalue weighted by atomic mass is 9.99. The molecular formula is C16H27ClN2O3S. The minimum Gasteiger partial charge on any atom is -0.496 e. The molecule has 0 heterocycles. The van der Waals surface area contributed by atoms with Gasteiger partial charge in [0.2, 0.25) is 10.0 Å². The van der Waals surface area contributed by atoms with Gasteiger partial charge in [-0.15, -0.1) is 12.4 Å². The van der Waals surface area contributed by atoms with Gasteiger partial charge in [-0.3, -0.25) is 0 Å². The van der Waals surface area contributed by atoms with Crippen molar-refractivity contribution >= 4 is 22.4 Å². The summed E-state index contributed by atoms with van der Waals surface area (Å²) in [6.45, 7) is 4.03. The summed E-state index contributed by atoms with van der Waals surface area (Å²) in [5, 5.41) is 0. The molecule has 0 aromatic heterocycles. The highest BCUT2D eigenvalue weighted by atomic mass is 35.5. The van der Waals surface area contributed by atoms with E-state index in [9.17, 15) is 8.42 Å². The minimum atomic E-state index is -3.56. The Hall–Kier alpha value is -0.820. The van der Waals surface area contributed by atoms with Gasteiger partial charge < -0.3 is 10.5 Å². The maximum Gasteiger partial charge on any atom is 0.240 e. The Morgan fingerprint density at radius 3 is 2.22 bits per heavy atom. The Bertz CT molecular complexity index is 605. The molecule has 1 aromatic rings. The van der Waals surface area contributed by atoms with Crippen LogP contribution in [0.3, 0.4) is 0 Å². The number of hydrogen-bond donors (Lipinski definition) is 2. The second kappa shape index (κ2) is 8.33. The van der Waals surface area contributed by atoms with Crippen LogP contribution in [0.2, 0.25) is 0 Å². The summed E-state index contributed by atoms with van der Waals surface area (Å²) in [5.41, 5.74) is 7.42. The Kier molecular flexibility index (Phi) is 7.32. The number of nitrogens with one attached hydrogen (secondary N) is 1. The van der Waals surface area contributed by atoms with Crippen LogP contribution in [0.15, 0.2) is 17.0 Å². The highest BCUT2D eigenvalue weighted by molar-refractivity contribution is 7.89. The predicted molar refractivity (Wildman–Crippen MR) is 94.8 cm³/mol. The summed E-state index contributed by atoms with van der Waals surface area (Å²) in [4.78, 5) is 0.278. The molecule has 0 bridgehead atoms. The Balaban J connectivity index is 0.00000264.